The van der Waals surface area contributed by atoms with Gasteiger partial charge in [-0.3, -0.25) is 9.59 Å². The summed E-state index contributed by atoms with van der Waals surface area (Å²) in [5, 5.41) is 22.0. The SMILES string of the molecule is CCOc1cc(C2/C(=C(\O)c3cc(C(C)(C)C)ccc3OC)C(=O)C(=O)N2CCc2ccc(F)cc2)ccc1O. The minimum atomic E-state index is -0.969. The van der Waals surface area contributed by atoms with E-state index in [4.69, 9.17) is 9.47 Å². The number of phenolic OH excluding ortho intramolecular Hbond substituents is 1. The Morgan fingerprint density at radius 2 is 1.70 bits per heavy atom. The molecule has 0 aliphatic carbocycles. The second kappa shape index (κ2) is 11.4. The number of methoxy groups -OCH3 is 1. The van der Waals surface area contributed by atoms with Crippen molar-refractivity contribution in [1.29, 1.82) is 0 Å². The summed E-state index contributed by atoms with van der Waals surface area (Å²) in [6, 6.07) is 14.9. The van der Waals surface area contributed by atoms with Crippen molar-refractivity contribution in [3.63, 3.8) is 0 Å². The molecule has 3 aromatic carbocycles. The predicted molar refractivity (Wildman–Crippen MR) is 150 cm³/mol. The zero-order valence-corrected chi connectivity index (χ0v) is 23.3. The van der Waals surface area contributed by atoms with Crippen LogP contribution in [-0.4, -0.2) is 47.1 Å². The van der Waals surface area contributed by atoms with Crippen molar-refractivity contribution in [2.24, 2.45) is 0 Å². The second-order valence-electron chi connectivity index (χ2n) is 10.7. The Labute approximate surface area is 233 Å². The molecule has 2 N–H and O–H groups in total. The molecule has 0 bridgehead atoms. The third-order valence-corrected chi connectivity index (χ3v) is 7.01. The normalized spacial score (nSPS) is 16.9. The number of likely N-dealkylation sites (tertiary alicyclic amines) is 1. The molecule has 1 fully saturated rings. The van der Waals surface area contributed by atoms with Crippen LogP contribution >= 0.6 is 0 Å². The van der Waals surface area contributed by atoms with Crippen molar-refractivity contribution >= 4 is 17.4 Å². The first-order valence-electron chi connectivity index (χ1n) is 13.1. The number of carbonyl (C=O) groups excluding carboxylic acids is 2. The number of aliphatic hydroxyl groups is 1. The van der Waals surface area contributed by atoms with Gasteiger partial charge in [-0.25, -0.2) is 4.39 Å². The van der Waals surface area contributed by atoms with Crippen LogP contribution < -0.4 is 9.47 Å². The molecule has 1 atom stereocenters. The first-order valence-corrected chi connectivity index (χ1v) is 13.1. The molecule has 0 spiro atoms. The van der Waals surface area contributed by atoms with Gasteiger partial charge in [-0.15, -0.1) is 0 Å². The van der Waals surface area contributed by atoms with Gasteiger partial charge in [0.25, 0.3) is 11.7 Å². The molecule has 1 aliphatic heterocycles. The van der Waals surface area contributed by atoms with E-state index in [9.17, 15) is 24.2 Å². The number of carbonyl (C=O) groups is 2. The van der Waals surface area contributed by atoms with E-state index in [-0.39, 0.29) is 40.6 Å². The van der Waals surface area contributed by atoms with E-state index in [0.717, 1.165) is 11.1 Å². The highest BCUT2D eigenvalue weighted by Gasteiger charge is 2.46. The highest BCUT2D eigenvalue weighted by atomic mass is 19.1. The lowest BCUT2D eigenvalue weighted by atomic mass is 9.85. The zero-order valence-electron chi connectivity index (χ0n) is 23.3. The van der Waals surface area contributed by atoms with Crippen LogP contribution in [0.3, 0.4) is 0 Å². The van der Waals surface area contributed by atoms with Crippen LogP contribution in [0.1, 0.15) is 56.0 Å². The maximum absolute atomic E-state index is 13.5. The molecule has 7 nitrogen and oxygen atoms in total. The molecule has 3 aromatic rings. The Bertz CT molecular complexity index is 1460. The van der Waals surface area contributed by atoms with Crippen LogP contribution in [0.2, 0.25) is 0 Å². The Kier molecular flexibility index (Phi) is 8.18. The van der Waals surface area contributed by atoms with E-state index in [1.165, 1.54) is 30.2 Å². The number of phenols is 1. The molecule has 0 saturated carbocycles. The van der Waals surface area contributed by atoms with Crippen molar-refractivity contribution in [1.82, 2.24) is 4.90 Å². The lowest BCUT2D eigenvalue weighted by molar-refractivity contribution is -0.139. The molecular weight excluding hydrogens is 513 g/mol. The number of benzene rings is 3. The molecular formula is C32H34FNO6. The summed E-state index contributed by atoms with van der Waals surface area (Å²) in [6.45, 7) is 8.27. The summed E-state index contributed by atoms with van der Waals surface area (Å²) in [7, 11) is 1.47. The standard InChI is InChI=1S/C32H34FNO6/c1-6-40-26-17-20(9-13-24(26)35)28-27(29(36)23-18-21(32(2,3)4)10-14-25(23)39-5)30(37)31(38)34(28)16-15-19-7-11-22(33)12-8-19/h7-14,17-18,28,35-36H,6,15-16H2,1-5H3/b29-27+. The summed E-state index contributed by atoms with van der Waals surface area (Å²) in [5.41, 5.74) is 2.10. The fourth-order valence-corrected chi connectivity index (χ4v) is 4.83. The third kappa shape index (κ3) is 5.66. The van der Waals surface area contributed by atoms with E-state index in [1.807, 2.05) is 26.8 Å². The zero-order chi connectivity index (χ0) is 29.2. The molecule has 1 aliphatic rings. The number of ketones is 1. The van der Waals surface area contributed by atoms with Crippen LogP contribution in [0.15, 0.2) is 66.2 Å². The number of hydrogen-bond acceptors (Lipinski definition) is 6. The van der Waals surface area contributed by atoms with Gasteiger partial charge in [-0.1, -0.05) is 45.0 Å². The predicted octanol–water partition coefficient (Wildman–Crippen LogP) is 5.90. The monoisotopic (exact) mass is 547 g/mol. The van der Waals surface area contributed by atoms with Crippen LogP contribution in [0, 0.1) is 5.82 Å². The third-order valence-electron chi connectivity index (χ3n) is 7.01. The number of Topliss-reactive ketones (excluding diaryl/α,β-unsaturated/α-hetero) is 1. The van der Waals surface area contributed by atoms with Gasteiger partial charge in [0.1, 0.15) is 17.3 Å². The van der Waals surface area contributed by atoms with Crippen LogP contribution in [0.25, 0.3) is 5.76 Å². The Balaban J connectivity index is 1.89. The van der Waals surface area contributed by atoms with Crippen LogP contribution in [0.4, 0.5) is 4.39 Å². The number of amides is 1. The van der Waals surface area contributed by atoms with Gasteiger partial charge < -0.3 is 24.6 Å². The van der Waals surface area contributed by atoms with Crippen LogP contribution in [0.5, 0.6) is 17.2 Å². The largest absolute Gasteiger partial charge is 0.507 e. The molecule has 1 heterocycles. The van der Waals surface area contributed by atoms with Crippen molar-refractivity contribution in [2.45, 2.75) is 45.6 Å². The maximum Gasteiger partial charge on any atom is 0.295 e. The summed E-state index contributed by atoms with van der Waals surface area (Å²) >= 11 is 0. The van der Waals surface area contributed by atoms with Gasteiger partial charge in [0.15, 0.2) is 11.5 Å². The van der Waals surface area contributed by atoms with E-state index in [0.29, 0.717) is 29.9 Å². The van der Waals surface area contributed by atoms with E-state index < -0.39 is 17.7 Å². The van der Waals surface area contributed by atoms with Gasteiger partial charge in [0, 0.05) is 6.54 Å². The highest BCUT2D eigenvalue weighted by Crippen LogP contribution is 2.43. The molecule has 40 heavy (non-hydrogen) atoms. The topological polar surface area (TPSA) is 96.3 Å². The van der Waals surface area contributed by atoms with Crippen molar-refractivity contribution in [2.75, 3.05) is 20.3 Å². The smallest absolute Gasteiger partial charge is 0.295 e. The lowest BCUT2D eigenvalue weighted by Gasteiger charge is -2.26. The van der Waals surface area contributed by atoms with Gasteiger partial charge >= 0.3 is 0 Å². The van der Waals surface area contributed by atoms with Gasteiger partial charge in [0.2, 0.25) is 0 Å². The van der Waals surface area contributed by atoms with Gasteiger partial charge in [-0.2, -0.15) is 0 Å². The van der Waals surface area contributed by atoms with Crippen LogP contribution in [-0.2, 0) is 21.4 Å². The second-order valence-corrected chi connectivity index (χ2v) is 10.7. The molecule has 210 valence electrons. The summed E-state index contributed by atoms with van der Waals surface area (Å²) in [4.78, 5) is 28.4. The van der Waals surface area contributed by atoms with Crippen molar-refractivity contribution in [3.8, 4) is 17.2 Å². The van der Waals surface area contributed by atoms with E-state index >= 15 is 0 Å². The molecule has 1 amide bonds. The first-order chi connectivity index (χ1) is 19.0. The minimum absolute atomic E-state index is 0.0894. The fourth-order valence-electron chi connectivity index (χ4n) is 4.83. The Morgan fingerprint density at radius 3 is 2.33 bits per heavy atom. The van der Waals surface area contributed by atoms with E-state index in [1.54, 1.807) is 43.3 Å². The number of rotatable bonds is 8. The van der Waals surface area contributed by atoms with E-state index in [2.05, 4.69) is 0 Å². The maximum atomic E-state index is 13.5. The first kappa shape index (κ1) is 28.7. The number of hydrogen-bond donors (Lipinski definition) is 2. The lowest BCUT2D eigenvalue weighted by Crippen LogP contribution is -2.31. The number of ether oxygens (including phenoxy) is 2. The van der Waals surface area contributed by atoms with Crippen molar-refractivity contribution in [3.05, 3.63) is 94.3 Å². The average Bonchev–Trinajstić information content (AvgIpc) is 3.17. The molecule has 8 heteroatoms. The Morgan fingerprint density at radius 1 is 1.00 bits per heavy atom. The molecule has 1 saturated heterocycles. The molecule has 0 aromatic heterocycles. The van der Waals surface area contributed by atoms with Crippen molar-refractivity contribution < 1.29 is 33.7 Å². The quantitative estimate of drug-likeness (QED) is 0.207. The average molecular weight is 548 g/mol. The number of nitrogens with zero attached hydrogens (tertiary/aromatic N) is 1. The minimum Gasteiger partial charge on any atom is -0.507 e. The Hall–Kier alpha value is -4.33. The number of aliphatic hydroxyl groups excluding tert-OH is 1. The fraction of sp³-hybridized carbons (Fsp3) is 0.312. The number of aromatic hydroxyl groups is 1. The molecule has 1 unspecified atom stereocenters. The number of halogens is 1. The summed E-state index contributed by atoms with van der Waals surface area (Å²) in [5.74, 6) is -1.89. The summed E-state index contributed by atoms with van der Waals surface area (Å²) in [6.07, 6.45) is 0.350. The van der Waals surface area contributed by atoms with Gasteiger partial charge in [0.05, 0.1) is 30.9 Å². The van der Waals surface area contributed by atoms with Gasteiger partial charge in [-0.05, 0) is 71.8 Å². The molecule has 4 rings (SSSR count). The summed E-state index contributed by atoms with van der Waals surface area (Å²) < 4.78 is 24.5. The highest BCUT2D eigenvalue weighted by molar-refractivity contribution is 6.46. The molecule has 0 radical (unpaired) electrons.